The summed E-state index contributed by atoms with van der Waals surface area (Å²) >= 11 is 0. The van der Waals surface area contributed by atoms with E-state index in [1.165, 1.54) is 12.3 Å². The van der Waals surface area contributed by atoms with E-state index in [-0.39, 0.29) is 0 Å². The maximum atomic E-state index is 13.6. The van der Waals surface area contributed by atoms with Gasteiger partial charge in [-0.15, -0.1) is 0 Å². The van der Waals surface area contributed by atoms with E-state index in [9.17, 15) is 4.39 Å². The average Bonchev–Trinajstić information content (AvgIpc) is 3.16. The number of halogens is 1. The summed E-state index contributed by atoms with van der Waals surface area (Å²) in [6.45, 7) is 1.54. The molecule has 0 atom stereocenters. The average molecular weight is 360 g/mol. The molecule has 0 amide bonds. The number of nitrogens with one attached hydrogen (secondary N) is 3. The summed E-state index contributed by atoms with van der Waals surface area (Å²) in [5, 5.41) is 7.89. The lowest BCUT2D eigenvalue weighted by molar-refractivity contribution is 0.620. The van der Waals surface area contributed by atoms with Crippen molar-refractivity contribution in [3.05, 3.63) is 66.0 Å². The molecule has 0 bridgehead atoms. The molecular formula is C20H17FN6. The van der Waals surface area contributed by atoms with Crippen LogP contribution in [-0.4, -0.2) is 26.5 Å². The molecule has 0 saturated heterocycles. The highest BCUT2D eigenvalue weighted by Crippen LogP contribution is 2.28. The molecule has 0 unspecified atom stereocenters. The molecule has 0 fully saturated rings. The maximum Gasteiger partial charge on any atom is 0.163 e. The van der Waals surface area contributed by atoms with Gasteiger partial charge in [-0.25, -0.2) is 14.4 Å². The number of hydrogen-bond donors (Lipinski definition) is 3. The van der Waals surface area contributed by atoms with Crippen molar-refractivity contribution in [2.75, 3.05) is 11.9 Å². The number of aromatic amines is 1. The number of pyridine rings is 1. The molecule has 0 aliphatic carbocycles. The molecule has 0 spiro atoms. The van der Waals surface area contributed by atoms with E-state index in [1.54, 1.807) is 6.20 Å². The van der Waals surface area contributed by atoms with E-state index in [1.807, 2.05) is 24.4 Å². The molecule has 1 aliphatic heterocycles. The molecule has 27 heavy (non-hydrogen) atoms. The zero-order valence-corrected chi connectivity index (χ0v) is 14.5. The Morgan fingerprint density at radius 1 is 1.07 bits per heavy atom. The van der Waals surface area contributed by atoms with E-state index in [0.29, 0.717) is 17.9 Å². The number of aromatic nitrogens is 4. The largest absolute Gasteiger partial charge is 0.361 e. The number of nitrogens with zero attached hydrogens (tertiary/aromatic N) is 3. The monoisotopic (exact) mass is 360 g/mol. The van der Waals surface area contributed by atoms with E-state index in [4.69, 9.17) is 4.98 Å². The fourth-order valence-corrected chi connectivity index (χ4v) is 3.39. The smallest absolute Gasteiger partial charge is 0.163 e. The predicted molar refractivity (Wildman–Crippen MR) is 102 cm³/mol. The number of H-pyrrole nitrogens is 1. The van der Waals surface area contributed by atoms with Gasteiger partial charge < -0.3 is 15.6 Å². The standard InChI is InChI=1S/C20H17FN6/c21-14-7-13(9-23-10-14)19-26-18-11-22-5-4-16(18)20(27-19)25-15-1-2-17-12(8-15)3-6-24-17/h1-3,6-10,22,24H,4-5,11H2,(H,25,26,27). The van der Waals surface area contributed by atoms with Gasteiger partial charge in [0, 0.05) is 46.7 Å². The number of anilines is 2. The molecule has 6 nitrogen and oxygen atoms in total. The van der Waals surface area contributed by atoms with Crippen LogP contribution in [0.1, 0.15) is 11.3 Å². The lowest BCUT2D eigenvalue weighted by Crippen LogP contribution is -2.26. The zero-order valence-electron chi connectivity index (χ0n) is 14.5. The molecule has 1 aromatic carbocycles. The molecule has 0 saturated carbocycles. The summed E-state index contributed by atoms with van der Waals surface area (Å²) in [6, 6.07) is 9.55. The van der Waals surface area contributed by atoms with Crippen LogP contribution in [0.3, 0.4) is 0 Å². The van der Waals surface area contributed by atoms with Crippen molar-refractivity contribution in [2.45, 2.75) is 13.0 Å². The quantitative estimate of drug-likeness (QED) is 0.521. The van der Waals surface area contributed by atoms with Crippen LogP contribution >= 0.6 is 0 Å². The van der Waals surface area contributed by atoms with Gasteiger partial charge in [0.05, 0.1) is 11.9 Å². The fraction of sp³-hybridized carbons (Fsp3) is 0.150. The topological polar surface area (TPSA) is 78.5 Å². The summed E-state index contributed by atoms with van der Waals surface area (Å²) in [4.78, 5) is 16.5. The second-order valence-corrected chi connectivity index (χ2v) is 6.54. The fourth-order valence-electron chi connectivity index (χ4n) is 3.39. The van der Waals surface area contributed by atoms with Crippen LogP contribution in [0.2, 0.25) is 0 Å². The van der Waals surface area contributed by atoms with Gasteiger partial charge in [0.15, 0.2) is 5.82 Å². The van der Waals surface area contributed by atoms with Crippen molar-refractivity contribution in [3.63, 3.8) is 0 Å². The van der Waals surface area contributed by atoms with Crippen molar-refractivity contribution < 1.29 is 4.39 Å². The second kappa shape index (κ2) is 6.44. The Kier molecular flexibility index (Phi) is 3.79. The third kappa shape index (κ3) is 3.02. The van der Waals surface area contributed by atoms with Crippen LogP contribution in [0.4, 0.5) is 15.9 Å². The van der Waals surface area contributed by atoms with Crippen molar-refractivity contribution in [1.82, 2.24) is 25.3 Å². The van der Waals surface area contributed by atoms with Gasteiger partial charge in [0.1, 0.15) is 11.6 Å². The zero-order chi connectivity index (χ0) is 18.2. The SMILES string of the molecule is Fc1cncc(-c2nc3c(c(Nc4ccc5[nH]ccc5c4)n2)CCNC3)c1. The molecule has 1 aliphatic rings. The van der Waals surface area contributed by atoms with Gasteiger partial charge >= 0.3 is 0 Å². The number of benzene rings is 1. The Bertz CT molecular complexity index is 1140. The predicted octanol–water partition coefficient (Wildman–Crippen LogP) is 3.55. The maximum absolute atomic E-state index is 13.6. The summed E-state index contributed by atoms with van der Waals surface area (Å²) in [7, 11) is 0. The molecule has 4 heterocycles. The minimum absolute atomic E-state index is 0.403. The first-order valence-corrected chi connectivity index (χ1v) is 8.82. The Balaban J connectivity index is 1.60. The number of rotatable bonds is 3. The van der Waals surface area contributed by atoms with Gasteiger partial charge in [-0.3, -0.25) is 4.98 Å². The first kappa shape index (κ1) is 15.9. The molecular weight excluding hydrogens is 343 g/mol. The lowest BCUT2D eigenvalue weighted by Gasteiger charge is -2.21. The number of hydrogen-bond acceptors (Lipinski definition) is 5. The van der Waals surface area contributed by atoms with Crippen LogP contribution in [0.5, 0.6) is 0 Å². The van der Waals surface area contributed by atoms with Crippen LogP contribution < -0.4 is 10.6 Å². The molecule has 3 N–H and O–H groups in total. The summed E-state index contributed by atoms with van der Waals surface area (Å²) in [5.41, 5.74) is 4.62. The highest BCUT2D eigenvalue weighted by Gasteiger charge is 2.19. The highest BCUT2D eigenvalue weighted by molar-refractivity contribution is 5.84. The van der Waals surface area contributed by atoms with Gasteiger partial charge in [0.25, 0.3) is 0 Å². The van der Waals surface area contributed by atoms with Crippen LogP contribution in [0, 0.1) is 5.82 Å². The van der Waals surface area contributed by atoms with Crippen molar-refractivity contribution in [2.24, 2.45) is 0 Å². The Morgan fingerprint density at radius 3 is 2.96 bits per heavy atom. The highest BCUT2D eigenvalue weighted by atomic mass is 19.1. The van der Waals surface area contributed by atoms with Crippen molar-refractivity contribution in [1.29, 1.82) is 0 Å². The second-order valence-electron chi connectivity index (χ2n) is 6.54. The molecule has 3 aromatic heterocycles. The molecule has 7 heteroatoms. The minimum Gasteiger partial charge on any atom is -0.361 e. The Morgan fingerprint density at radius 2 is 2.04 bits per heavy atom. The third-order valence-corrected chi connectivity index (χ3v) is 4.72. The number of fused-ring (bicyclic) bond motifs is 2. The minimum atomic E-state index is -0.403. The first-order chi connectivity index (χ1) is 13.3. The van der Waals surface area contributed by atoms with Gasteiger partial charge in [-0.2, -0.15) is 0 Å². The van der Waals surface area contributed by atoms with Crippen LogP contribution in [0.15, 0.2) is 48.9 Å². The molecule has 5 rings (SSSR count). The van der Waals surface area contributed by atoms with Crippen LogP contribution in [-0.2, 0) is 13.0 Å². The first-order valence-electron chi connectivity index (χ1n) is 8.82. The van der Waals surface area contributed by atoms with Crippen molar-refractivity contribution in [3.8, 4) is 11.4 Å². The van der Waals surface area contributed by atoms with E-state index in [2.05, 4.69) is 31.7 Å². The summed E-state index contributed by atoms with van der Waals surface area (Å²) in [5.74, 6) is 0.824. The Hall–Kier alpha value is -3.32. The molecule has 0 radical (unpaired) electrons. The Labute approximate surface area is 154 Å². The van der Waals surface area contributed by atoms with Crippen LogP contribution in [0.25, 0.3) is 22.3 Å². The van der Waals surface area contributed by atoms with Gasteiger partial charge in [0.2, 0.25) is 0 Å². The summed E-state index contributed by atoms with van der Waals surface area (Å²) in [6.07, 6.45) is 5.51. The summed E-state index contributed by atoms with van der Waals surface area (Å²) < 4.78 is 13.6. The van der Waals surface area contributed by atoms with E-state index < -0.39 is 5.82 Å². The lowest BCUT2D eigenvalue weighted by atomic mass is 10.1. The van der Waals surface area contributed by atoms with Gasteiger partial charge in [-0.1, -0.05) is 0 Å². The van der Waals surface area contributed by atoms with E-state index >= 15 is 0 Å². The third-order valence-electron chi connectivity index (χ3n) is 4.72. The van der Waals surface area contributed by atoms with E-state index in [0.717, 1.165) is 46.6 Å². The molecule has 4 aromatic rings. The van der Waals surface area contributed by atoms with Gasteiger partial charge in [-0.05, 0) is 43.3 Å². The molecule has 134 valence electrons. The van der Waals surface area contributed by atoms with Crippen molar-refractivity contribution >= 4 is 22.4 Å². The normalized spacial score (nSPS) is 13.5.